The van der Waals surface area contributed by atoms with Gasteiger partial charge in [-0.1, -0.05) is 30.3 Å². The minimum atomic E-state index is -0.267. The average molecular weight is 456 g/mol. The second kappa shape index (κ2) is 7.69. The van der Waals surface area contributed by atoms with E-state index in [-0.39, 0.29) is 17.3 Å². The molecule has 3 aromatic carbocycles. The van der Waals surface area contributed by atoms with Gasteiger partial charge in [0.1, 0.15) is 5.82 Å². The smallest absolute Gasteiger partial charge is 0.409 e. The van der Waals surface area contributed by atoms with Crippen molar-refractivity contribution < 1.29 is 13.9 Å². The molecule has 2 heterocycles. The molecule has 0 spiro atoms. The first-order valence-corrected chi connectivity index (χ1v) is 11.7. The molecule has 1 amide bonds. The Morgan fingerprint density at radius 2 is 1.91 bits per heavy atom. The maximum Gasteiger partial charge on any atom is 0.409 e. The minimum absolute atomic E-state index is 0.135. The van der Waals surface area contributed by atoms with Gasteiger partial charge in [0.15, 0.2) is 0 Å². The molecule has 0 radical (unpaired) electrons. The first-order chi connectivity index (χ1) is 16.5. The van der Waals surface area contributed by atoms with Gasteiger partial charge in [0.2, 0.25) is 0 Å². The second-order valence-corrected chi connectivity index (χ2v) is 9.37. The lowest BCUT2D eigenvalue weighted by atomic mass is 9.86. The number of aryl methyl sites for hydroxylation is 1. The third-order valence-corrected chi connectivity index (χ3v) is 7.55. The first-order valence-electron chi connectivity index (χ1n) is 11.7. The summed E-state index contributed by atoms with van der Waals surface area (Å²) in [6.45, 7) is 5.70. The molecule has 6 rings (SSSR count). The van der Waals surface area contributed by atoms with Gasteiger partial charge in [-0.05, 0) is 72.9 Å². The van der Waals surface area contributed by atoms with E-state index in [1.807, 2.05) is 28.8 Å². The number of carbonyl (C=O) groups excluding carboxylic acids is 1. The van der Waals surface area contributed by atoms with Crippen LogP contribution in [0.3, 0.4) is 0 Å². The predicted octanol–water partition coefficient (Wildman–Crippen LogP) is 5.60. The predicted molar refractivity (Wildman–Crippen MR) is 129 cm³/mol. The highest BCUT2D eigenvalue weighted by Gasteiger charge is 2.71. The molecule has 1 aromatic heterocycles. The Hall–Kier alpha value is -3.67. The molecule has 6 heteroatoms. The van der Waals surface area contributed by atoms with Gasteiger partial charge in [-0.15, -0.1) is 0 Å². The Labute approximate surface area is 197 Å². The highest BCUT2D eigenvalue weighted by molar-refractivity contribution is 5.83. The molecule has 2 fully saturated rings. The van der Waals surface area contributed by atoms with Crippen molar-refractivity contribution in [2.75, 3.05) is 19.7 Å². The lowest BCUT2D eigenvalue weighted by molar-refractivity contribution is 0.110. The number of hydrogen-bond acceptors (Lipinski definition) is 3. The third kappa shape index (κ3) is 3.05. The Kier molecular flexibility index (Phi) is 4.73. The summed E-state index contributed by atoms with van der Waals surface area (Å²) in [5.74, 6) is 0.446. The van der Waals surface area contributed by atoms with Crippen LogP contribution in [0.2, 0.25) is 0 Å². The standard InChI is InChI=1S/C28H26FN3O2/c1-3-34-27(33)31-16-24-26(19-7-5-4-6-8-19)28(24,17-31)23-14-20-15-30-32(25(20)13-18(23)2)22-11-9-21(29)10-12-22/h4-15,24,26H,3,16-17H2,1-2H3/t24-,26-,28+/m1/s1. The highest BCUT2D eigenvalue weighted by Crippen LogP contribution is 2.69. The molecule has 5 nitrogen and oxygen atoms in total. The van der Waals surface area contributed by atoms with Crippen molar-refractivity contribution in [1.82, 2.24) is 14.7 Å². The molecule has 0 N–H and O–H groups in total. The normalized spacial score (nSPS) is 23.2. The van der Waals surface area contributed by atoms with Crippen LogP contribution in [-0.4, -0.2) is 40.5 Å². The Balaban J connectivity index is 1.44. The fourth-order valence-corrected chi connectivity index (χ4v) is 6.08. The van der Waals surface area contributed by atoms with E-state index in [9.17, 15) is 9.18 Å². The number of ether oxygens (including phenoxy) is 1. The van der Waals surface area contributed by atoms with E-state index in [1.54, 1.807) is 12.1 Å². The van der Waals surface area contributed by atoms with Crippen molar-refractivity contribution in [3.63, 3.8) is 0 Å². The van der Waals surface area contributed by atoms with Crippen molar-refractivity contribution in [3.05, 3.63) is 95.4 Å². The zero-order chi connectivity index (χ0) is 23.4. The van der Waals surface area contributed by atoms with E-state index in [0.717, 1.165) is 16.6 Å². The van der Waals surface area contributed by atoms with Crippen LogP contribution in [0.15, 0.2) is 72.9 Å². The summed E-state index contributed by atoms with van der Waals surface area (Å²) in [4.78, 5) is 14.4. The van der Waals surface area contributed by atoms with E-state index in [2.05, 4.69) is 48.4 Å². The van der Waals surface area contributed by atoms with Gasteiger partial charge in [-0.2, -0.15) is 5.10 Å². The van der Waals surface area contributed by atoms with Gasteiger partial charge in [0, 0.05) is 29.8 Å². The SMILES string of the molecule is CCOC(=O)N1C[C@@H]2[C@@H](c3ccccc3)[C@]2(c2cc3cnn(-c4ccc(F)cc4)c3cc2C)C1. The zero-order valence-corrected chi connectivity index (χ0v) is 19.2. The minimum Gasteiger partial charge on any atom is -0.450 e. The van der Waals surface area contributed by atoms with Crippen molar-refractivity contribution in [2.45, 2.75) is 25.2 Å². The number of benzene rings is 3. The topological polar surface area (TPSA) is 47.4 Å². The lowest BCUT2D eigenvalue weighted by Gasteiger charge is -2.25. The number of amides is 1. The third-order valence-electron chi connectivity index (χ3n) is 7.55. The number of halogens is 1. The number of fused-ring (bicyclic) bond motifs is 2. The quantitative estimate of drug-likeness (QED) is 0.403. The summed E-state index contributed by atoms with van der Waals surface area (Å²) in [7, 11) is 0. The van der Waals surface area contributed by atoms with Crippen LogP contribution in [0.4, 0.5) is 9.18 Å². The summed E-state index contributed by atoms with van der Waals surface area (Å²) in [6.07, 6.45) is 1.63. The van der Waals surface area contributed by atoms with Crippen LogP contribution in [-0.2, 0) is 10.2 Å². The van der Waals surface area contributed by atoms with Gasteiger partial charge in [-0.3, -0.25) is 0 Å². The molecular weight excluding hydrogens is 429 g/mol. The maximum absolute atomic E-state index is 13.4. The summed E-state index contributed by atoms with van der Waals surface area (Å²) in [5.41, 5.74) is 5.43. The van der Waals surface area contributed by atoms with Crippen LogP contribution in [0.25, 0.3) is 16.6 Å². The molecule has 2 aliphatic rings. The number of carbonyl (C=O) groups is 1. The van der Waals surface area contributed by atoms with Crippen LogP contribution in [0, 0.1) is 18.7 Å². The summed E-state index contributed by atoms with van der Waals surface area (Å²) < 4.78 is 20.6. The fourth-order valence-electron chi connectivity index (χ4n) is 6.08. The molecule has 0 bridgehead atoms. The zero-order valence-electron chi connectivity index (χ0n) is 19.2. The van der Waals surface area contributed by atoms with E-state index in [0.29, 0.717) is 31.5 Å². The van der Waals surface area contributed by atoms with Gasteiger partial charge in [0.05, 0.1) is 24.0 Å². The molecule has 1 saturated heterocycles. The highest BCUT2D eigenvalue weighted by atomic mass is 19.1. The lowest BCUT2D eigenvalue weighted by Crippen LogP contribution is -2.35. The number of nitrogens with zero attached hydrogens (tertiary/aromatic N) is 3. The molecule has 172 valence electrons. The molecule has 34 heavy (non-hydrogen) atoms. The molecule has 4 aromatic rings. The fraction of sp³-hybridized carbons (Fsp3) is 0.286. The summed E-state index contributed by atoms with van der Waals surface area (Å²) >= 11 is 0. The summed E-state index contributed by atoms with van der Waals surface area (Å²) in [6, 6.07) is 21.4. The van der Waals surface area contributed by atoms with Crippen LogP contribution >= 0.6 is 0 Å². The number of aromatic nitrogens is 2. The molecule has 1 aliphatic carbocycles. The largest absolute Gasteiger partial charge is 0.450 e. The van der Waals surface area contributed by atoms with E-state index >= 15 is 0 Å². The van der Waals surface area contributed by atoms with E-state index in [1.165, 1.54) is 28.8 Å². The van der Waals surface area contributed by atoms with Crippen molar-refractivity contribution in [3.8, 4) is 5.69 Å². The monoisotopic (exact) mass is 455 g/mol. The molecule has 1 aliphatic heterocycles. The number of rotatable bonds is 4. The van der Waals surface area contributed by atoms with Crippen molar-refractivity contribution in [1.29, 1.82) is 0 Å². The number of likely N-dealkylation sites (tertiary alicyclic amines) is 1. The van der Waals surface area contributed by atoms with Gasteiger partial charge in [-0.25, -0.2) is 13.9 Å². The first kappa shape index (κ1) is 20.9. The van der Waals surface area contributed by atoms with Crippen LogP contribution < -0.4 is 0 Å². The Morgan fingerprint density at radius 3 is 2.65 bits per heavy atom. The van der Waals surface area contributed by atoms with E-state index < -0.39 is 0 Å². The van der Waals surface area contributed by atoms with Gasteiger partial charge >= 0.3 is 6.09 Å². The summed E-state index contributed by atoms with van der Waals surface area (Å²) in [5, 5.41) is 5.63. The van der Waals surface area contributed by atoms with Crippen molar-refractivity contribution >= 4 is 17.0 Å². The second-order valence-electron chi connectivity index (χ2n) is 9.37. The van der Waals surface area contributed by atoms with Crippen molar-refractivity contribution in [2.24, 2.45) is 5.92 Å². The molecular formula is C28H26FN3O2. The Bertz CT molecular complexity index is 1380. The Morgan fingerprint density at radius 1 is 1.15 bits per heavy atom. The average Bonchev–Trinajstić information content (AvgIpc) is 3.11. The molecule has 3 atom stereocenters. The van der Waals surface area contributed by atoms with Crippen LogP contribution in [0.5, 0.6) is 0 Å². The van der Waals surface area contributed by atoms with E-state index in [4.69, 9.17) is 4.74 Å². The molecule has 1 saturated carbocycles. The van der Waals surface area contributed by atoms with Gasteiger partial charge < -0.3 is 9.64 Å². The number of piperidine rings is 1. The number of hydrogen-bond donors (Lipinski definition) is 0. The van der Waals surface area contributed by atoms with Gasteiger partial charge in [0.25, 0.3) is 0 Å². The maximum atomic E-state index is 13.4. The van der Waals surface area contributed by atoms with Crippen LogP contribution in [0.1, 0.15) is 29.5 Å². The molecule has 0 unspecified atom stereocenters.